The summed E-state index contributed by atoms with van der Waals surface area (Å²) >= 11 is 9.50. The molecule has 0 bridgehead atoms. The lowest BCUT2D eigenvalue weighted by Gasteiger charge is -2.32. The SMILES string of the molecule is CCCCNC(=O)C(C)N(Cc1ccc(Br)cc1)C(=O)CN(c1ccc(Cl)cc1)S(=O)(=O)c1ccc(OC)c(OC)c1. The average molecular weight is 681 g/mol. The number of sulfonamides is 1. The molecule has 0 heterocycles. The van der Waals surface area contributed by atoms with Gasteiger partial charge in [-0.1, -0.05) is 53.0 Å². The zero-order valence-corrected chi connectivity index (χ0v) is 27.1. The number of carbonyl (C=O) groups is 2. The number of ether oxygens (including phenoxy) is 2. The summed E-state index contributed by atoms with van der Waals surface area (Å²) in [6.07, 6.45) is 1.70. The number of anilines is 1. The molecule has 3 aromatic rings. The third-order valence-electron chi connectivity index (χ3n) is 6.60. The topological polar surface area (TPSA) is 105 Å². The average Bonchev–Trinajstić information content (AvgIpc) is 2.99. The second kappa shape index (κ2) is 15.3. The standard InChI is InChI=1S/C30H35BrClN3O6S/c1-5-6-17-33-30(37)21(2)34(19-22-7-9-23(31)10-8-22)29(36)20-35(25-13-11-24(32)12-14-25)42(38,39)26-15-16-27(40-3)28(18-26)41-4/h7-16,18,21H,5-6,17,19-20H2,1-4H3,(H,33,37). The van der Waals surface area contributed by atoms with E-state index in [4.69, 9.17) is 21.1 Å². The highest BCUT2D eigenvalue weighted by Crippen LogP contribution is 2.32. The van der Waals surface area contributed by atoms with E-state index in [2.05, 4.69) is 21.2 Å². The van der Waals surface area contributed by atoms with Gasteiger partial charge in [0.05, 0.1) is 24.8 Å². The largest absolute Gasteiger partial charge is 0.493 e. The number of rotatable bonds is 14. The van der Waals surface area contributed by atoms with Crippen LogP contribution in [0.4, 0.5) is 5.69 Å². The fraction of sp³-hybridized carbons (Fsp3) is 0.333. The van der Waals surface area contributed by atoms with E-state index in [0.717, 1.165) is 27.2 Å². The third-order valence-corrected chi connectivity index (χ3v) is 9.15. The van der Waals surface area contributed by atoms with Crippen LogP contribution in [0.15, 0.2) is 76.1 Å². The Hall–Kier alpha value is -3.28. The molecule has 0 spiro atoms. The molecule has 1 N–H and O–H groups in total. The van der Waals surface area contributed by atoms with Gasteiger partial charge in [0.15, 0.2) is 11.5 Å². The van der Waals surface area contributed by atoms with Gasteiger partial charge >= 0.3 is 0 Å². The molecule has 0 aliphatic carbocycles. The number of hydrogen-bond acceptors (Lipinski definition) is 6. The Bertz CT molecular complexity index is 1470. The van der Waals surface area contributed by atoms with Crippen molar-refractivity contribution in [3.05, 3.63) is 81.8 Å². The van der Waals surface area contributed by atoms with E-state index in [1.165, 1.54) is 49.5 Å². The summed E-state index contributed by atoms with van der Waals surface area (Å²) in [5.74, 6) is -0.311. The molecule has 42 heavy (non-hydrogen) atoms. The van der Waals surface area contributed by atoms with Crippen molar-refractivity contribution in [2.24, 2.45) is 0 Å². The number of unbranched alkanes of at least 4 members (excludes halogenated alkanes) is 1. The Kier molecular flexibility index (Phi) is 12.1. The van der Waals surface area contributed by atoms with Gasteiger partial charge in [-0.2, -0.15) is 0 Å². The number of halogens is 2. The summed E-state index contributed by atoms with van der Waals surface area (Å²) in [6.45, 7) is 3.65. The fourth-order valence-electron chi connectivity index (χ4n) is 4.15. The zero-order chi connectivity index (χ0) is 30.9. The van der Waals surface area contributed by atoms with E-state index in [0.29, 0.717) is 17.3 Å². The first-order valence-electron chi connectivity index (χ1n) is 13.3. The first-order valence-corrected chi connectivity index (χ1v) is 15.9. The van der Waals surface area contributed by atoms with Crippen molar-refractivity contribution >= 4 is 55.1 Å². The van der Waals surface area contributed by atoms with Gasteiger partial charge in [0.2, 0.25) is 11.8 Å². The molecule has 0 aromatic heterocycles. The summed E-state index contributed by atoms with van der Waals surface area (Å²) < 4.78 is 40.6. The molecule has 0 fully saturated rings. The van der Waals surface area contributed by atoms with Gasteiger partial charge in [0.25, 0.3) is 10.0 Å². The number of nitrogens with zero attached hydrogens (tertiary/aromatic N) is 2. The lowest BCUT2D eigenvalue weighted by molar-refractivity contribution is -0.139. The summed E-state index contributed by atoms with van der Waals surface area (Å²) in [5, 5.41) is 3.28. The first-order chi connectivity index (χ1) is 20.0. The quantitative estimate of drug-likeness (QED) is 0.221. The molecule has 0 radical (unpaired) electrons. The molecule has 0 saturated heterocycles. The highest BCUT2D eigenvalue weighted by molar-refractivity contribution is 9.10. The van der Waals surface area contributed by atoms with Crippen molar-refractivity contribution in [2.45, 2.75) is 44.2 Å². The Morgan fingerprint density at radius 2 is 1.62 bits per heavy atom. The predicted molar refractivity (Wildman–Crippen MR) is 168 cm³/mol. The molecule has 9 nitrogen and oxygen atoms in total. The van der Waals surface area contributed by atoms with Gasteiger partial charge in [-0.25, -0.2) is 8.42 Å². The summed E-state index contributed by atoms with van der Waals surface area (Å²) in [4.78, 5) is 28.4. The maximum absolute atomic E-state index is 14.1. The van der Waals surface area contributed by atoms with Crippen molar-refractivity contribution in [1.29, 1.82) is 0 Å². The van der Waals surface area contributed by atoms with Gasteiger partial charge in [-0.05, 0) is 67.4 Å². The number of benzene rings is 3. The monoisotopic (exact) mass is 679 g/mol. The third kappa shape index (κ3) is 8.39. The molecule has 3 aromatic carbocycles. The highest BCUT2D eigenvalue weighted by Gasteiger charge is 2.33. The van der Waals surface area contributed by atoms with Crippen molar-refractivity contribution in [1.82, 2.24) is 10.2 Å². The molecule has 0 saturated carbocycles. The van der Waals surface area contributed by atoms with Crippen LogP contribution in [0.3, 0.4) is 0 Å². The van der Waals surface area contributed by atoms with Crippen LogP contribution in [0.5, 0.6) is 11.5 Å². The first kappa shape index (κ1) is 33.2. The van der Waals surface area contributed by atoms with Gasteiger partial charge < -0.3 is 19.7 Å². The molecule has 1 unspecified atom stereocenters. The molecule has 226 valence electrons. The Morgan fingerprint density at radius 1 is 0.976 bits per heavy atom. The van der Waals surface area contributed by atoms with Crippen LogP contribution < -0.4 is 19.1 Å². The van der Waals surface area contributed by atoms with E-state index in [9.17, 15) is 18.0 Å². The van der Waals surface area contributed by atoms with Crippen LogP contribution in [-0.2, 0) is 26.2 Å². The second-order valence-electron chi connectivity index (χ2n) is 9.47. The second-order valence-corrected chi connectivity index (χ2v) is 12.7. The number of carbonyl (C=O) groups excluding carboxylic acids is 2. The number of hydrogen-bond donors (Lipinski definition) is 1. The summed E-state index contributed by atoms with van der Waals surface area (Å²) in [7, 11) is -1.44. The van der Waals surface area contributed by atoms with Gasteiger partial charge in [0, 0.05) is 28.7 Å². The maximum Gasteiger partial charge on any atom is 0.264 e. The van der Waals surface area contributed by atoms with Crippen LogP contribution in [0.25, 0.3) is 0 Å². The summed E-state index contributed by atoms with van der Waals surface area (Å²) in [6, 6.07) is 16.8. The minimum absolute atomic E-state index is 0.0966. The molecule has 0 aliphatic rings. The highest BCUT2D eigenvalue weighted by atomic mass is 79.9. The van der Waals surface area contributed by atoms with Crippen molar-refractivity contribution in [3.63, 3.8) is 0 Å². The Morgan fingerprint density at radius 3 is 2.21 bits per heavy atom. The molecule has 2 amide bonds. The number of methoxy groups -OCH3 is 2. The predicted octanol–water partition coefficient (Wildman–Crippen LogP) is 5.65. The van der Waals surface area contributed by atoms with Crippen molar-refractivity contribution in [2.75, 3.05) is 31.6 Å². The fourth-order valence-corrected chi connectivity index (χ4v) is 5.97. The van der Waals surface area contributed by atoms with Crippen LogP contribution in [0, 0.1) is 0 Å². The van der Waals surface area contributed by atoms with Crippen LogP contribution in [0.1, 0.15) is 32.3 Å². The number of nitrogens with one attached hydrogen (secondary N) is 1. The van der Waals surface area contributed by atoms with E-state index < -0.39 is 28.5 Å². The number of amides is 2. The lowest BCUT2D eigenvalue weighted by atomic mass is 10.1. The van der Waals surface area contributed by atoms with Crippen molar-refractivity contribution in [3.8, 4) is 11.5 Å². The van der Waals surface area contributed by atoms with E-state index >= 15 is 0 Å². The molecule has 12 heteroatoms. The van der Waals surface area contributed by atoms with Crippen LogP contribution in [-0.4, -0.2) is 58.5 Å². The molecular formula is C30H35BrClN3O6S. The Balaban J connectivity index is 2.03. The maximum atomic E-state index is 14.1. The van der Waals surface area contributed by atoms with E-state index in [-0.39, 0.29) is 28.8 Å². The minimum Gasteiger partial charge on any atom is -0.493 e. The molecular weight excluding hydrogens is 646 g/mol. The minimum atomic E-state index is -4.29. The molecule has 1 atom stereocenters. The smallest absolute Gasteiger partial charge is 0.264 e. The van der Waals surface area contributed by atoms with Gasteiger partial charge in [0.1, 0.15) is 12.6 Å². The van der Waals surface area contributed by atoms with Gasteiger partial charge in [-0.15, -0.1) is 0 Å². The van der Waals surface area contributed by atoms with Gasteiger partial charge in [-0.3, -0.25) is 13.9 Å². The normalized spacial score (nSPS) is 11.9. The molecule has 0 aliphatic heterocycles. The van der Waals surface area contributed by atoms with Crippen molar-refractivity contribution < 1.29 is 27.5 Å². The zero-order valence-electron chi connectivity index (χ0n) is 24.0. The van der Waals surface area contributed by atoms with Crippen LogP contribution in [0.2, 0.25) is 5.02 Å². The molecule has 3 rings (SSSR count). The Labute approximate surface area is 260 Å². The summed E-state index contributed by atoms with van der Waals surface area (Å²) in [5.41, 5.74) is 1.01. The van der Waals surface area contributed by atoms with E-state index in [1.807, 2.05) is 31.2 Å². The van der Waals surface area contributed by atoms with Crippen LogP contribution >= 0.6 is 27.5 Å². The lowest BCUT2D eigenvalue weighted by Crippen LogP contribution is -2.51. The van der Waals surface area contributed by atoms with E-state index in [1.54, 1.807) is 19.1 Å².